The molecule has 1 heterocycles. The zero-order valence-corrected chi connectivity index (χ0v) is 11.6. The number of hydrogen-bond acceptors (Lipinski definition) is 3. The van der Waals surface area contributed by atoms with E-state index in [-0.39, 0.29) is 11.6 Å². The number of nitrogens with zero attached hydrogens (tertiary/aromatic N) is 2. The van der Waals surface area contributed by atoms with Crippen molar-refractivity contribution in [3.8, 4) is 0 Å². The van der Waals surface area contributed by atoms with E-state index < -0.39 is 0 Å². The largest absolute Gasteiger partial charge is 0.359 e. The second-order valence-corrected chi connectivity index (χ2v) is 4.64. The van der Waals surface area contributed by atoms with Crippen molar-refractivity contribution in [3.63, 3.8) is 0 Å². The third-order valence-corrected chi connectivity index (χ3v) is 3.18. The lowest BCUT2D eigenvalue weighted by atomic mass is 10.1. The van der Waals surface area contributed by atoms with Gasteiger partial charge in [-0.25, -0.2) is 4.98 Å². The Kier molecular flexibility index (Phi) is 4.00. The lowest BCUT2D eigenvalue weighted by molar-refractivity contribution is 0.714. The number of aromatic nitrogens is 2. The van der Waals surface area contributed by atoms with E-state index in [9.17, 15) is 4.79 Å². The summed E-state index contributed by atoms with van der Waals surface area (Å²) in [6.07, 6.45) is 3.35. The molecule has 0 spiro atoms. The Morgan fingerprint density at radius 2 is 2.00 bits per heavy atom. The maximum atomic E-state index is 12.1. The number of rotatable bonds is 4. The number of anilines is 1. The fourth-order valence-corrected chi connectivity index (χ4v) is 1.94. The zero-order chi connectivity index (χ0) is 13.8. The lowest BCUT2D eigenvalue weighted by Gasteiger charge is -2.15. The molecule has 0 aliphatic heterocycles. The third-order valence-electron chi connectivity index (χ3n) is 3.18. The van der Waals surface area contributed by atoms with E-state index in [2.05, 4.69) is 41.5 Å². The highest BCUT2D eigenvalue weighted by Gasteiger charge is 2.09. The molecule has 100 valence electrons. The molecule has 0 radical (unpaired) electrons. The monoisotopic (exact) mass is 257 g/mol. The second kappa shape index (κ2) is 5.69. The molecule has 0 fully saturated rings. The SMILES string of the molecule is CCn1ccnc(NC(C)c2ccc(C)cc2)c1=O. The van der Waals surface area contributed by atoms with Crippen molar-refractivity contribution in [1.82, 2.24) is 9.55 Å². The number of hydrogen-bond donors (Lipinski definition) is 1. The Morgan fingerprint density at radius 1 is 1.32 bits per heavy atom. The van der Waals surface area contributed by atoms with E-state index in [1.54, 1.807) is 17.0 Å². The molecule has 0 aliphatic carbocycles. The molecule has 4 nitrogen and oxygen atoms in total. The topological polar surface area (TPSA) is 46.9 Å². The van der Waals surface area contributed by atoms with Gasteiger partial charge in [-0.05, 0) is 26.3 Å². The molecule has 0 bridgehead atoms. The van der Waals surface area contributed by atoms with Crippen molar-refractivity contribution in [1.29, 1.82) is 0 Å². The van der Waals surface area contributed by atoms with Crippen LogP contribution in [-0.2, 0) is 6.54 Å². The molecule has 4 heteroatoms. The van der Waals surface area contributed by atoms with E-state index in [0.717, 1.165) is 5.56 Å². The summed E-state index contributed by atoms with van der Waals surface area (Å²) < 4.78 is 1.64. The molecule has 0 amide bonds. The summed E-state index contributed by atoms with van der Waals surface area (Å²) in [5, 5.41) is 3.18. The summed E-state index contributed by atoms with van der Waals surface area (Å²) in [5.74, 6) is 0.400. The molecule has 2 rings (SSSR count). The second-order valence-electron chi connectivity index (χ2n) is 4.64. The van der Waals surface area contributed by atoms with Crippen LogP contribution in [0, 0.1) is 6.92 Å². The predicted molar refractivity (Wildman–Crippen MR) is 77.4 cm³/mol. The van der Waals surface area contributed by atoms with Gasteiger partial charge < -0.3 is 9.88 Å². The molecule has 1 aromatic carbocycles. The van der Waals surface area contributed by atoms with Gasteiger partial charge in [-0.1, -0.05) is 29.8 Å². The summed E-state index contributed by atoms with van der Waals surface area (Å²) in [4.78, 5) is 16.2. The van der Waals surface area contributed by atoms with Crippen molar-refractivity contribution in [2.45, 2.75) is 33.4 Å². The maximum Gasteiger partial charge on any atom is 0.293 e. The Bertz CT molecular complexity index is 602. The lowest BCUT2D eigenvalue weighted by Crippen LogP contribution is -2.24. The first-order valence-corrected chi connectivity index (χ1v) is 6.50. The molecule has 1 unspecified atom stereocenters. The minimum absolute atomic E-state index is 0.0495. The summed E-state index contributed by atoms with van der Waals surface area (Å²) in [6, 6.07) is 8.31. The Labute approximate surface area is 113 Å². The molecular weight excluding hydrogens is 238 g/mol. The summed E-state index contributed by atoms with van der Waals surface area (Å²) in [6.45, 7) is 6.67. The molecular formula is C15H19N3O. The molecule has 1 aromatic heterocycles. The van der Waals surface area contributed by atoms with Crippen LogP contribution in [0.4, 0.5) is 5.82 Å². The quantitative estimate of drug-likeness (QED) is 0.916. The van der Waals surface area contributed by atoms with E-state index in [4.69, 9.17) is 0 Å². The maximum absolute atomic E-state index is 12.1. The van der Waals surface area contributed by atoms with E-state index in [1.165, 1.54) is 5.56 Å². The van der Waals surface area contributed by atoms with Crippen molar-refractivity contribution >= 4 is 5.82 Å². The highest BCUT2D eigenvalue weighted by molar-refractivity contribution is 5.36. The highest BCUT2D eigenvalue weighted by Crippen LogP contribution is 2.16. The van der Waals surface area contributed by atoms with E-state index in [0.29, 0.717) is 12.4 Å². The fraction of sp³-hybridized carbons (Fsp3) is 0.333. The van der Waals surface area contributed by atoms with Gasteiger partial charge >= 0.3 is 0 Å². The standard InChI is InChI=1S/C15H19N3O/c1-4-18-10-9-16-14(15(18)19)17-12(3)13-7-5-11(2)6-8-13/h5-10,12H,4H2,1-3H3,(H,16,17). The van der Waals surface area contributed by atoms with Crippen LogP contribution >= 0.6 is 0 Å². The van der Waals surface area contributed by atoms with Crippen molar-refractivity contribution in [3.05, 3.63) is 58.1 Å². The predicted octanol–water partition coefficient (Wildman–Crippen LogP) is 2.74. The van der Waals surface area contributed by atoms with Gasteiger partial charge in [-0.2, -0.15) is 0 Å². The Balaban J connectivity index is 2.21. The minimum Gasteiger partial charge on any atom is -0.359 e. The third kappa shape index (κ3) is 3.02. The van der Waals surface area contributed by atoms with Gasteiger partial charge in [0.15, 0.2) is 5.82 Å². The number of aryl methyl sites for hydroxylation is 2. The molecule has 19 heavy (non-hydrogen) atoms. The zero-order valence-electron chi connectivity index (χ0n) is 11.6. The summed E-state index contributed by atoms with van der Waals surface area (Å²) >= 11 is 0. The van der Waals surface area contributed by atoms with Crippen LogP contribution in [-0.4, -0.2) is 9.55 Å². The first kappa shape index (κ1) is 13.3. The van der Waals surface area contributed by atoms with Gasteiger partial charge in [0.25, 0.3) is 5.56 Å². The Hall–Kier alpha value is -2.10. The van der Waals surface area contributed by atoms with Crippen LogP contribution in [0.1, 0.15) is 31.0 Å². The van der Waals surface area contributed by atoms with Crippen molar-refractivity contribution in [2.75, 3.05) is 5.32 Å². The molecule has 2 aromatic rings. The average Bonchev–Trinajstić information content (AvgIpc) is 2.42. The van der Waals surface area contributed by atoms with Gasteiger partial charge in [0.2, 0.25) is 0 Å². The van der Waals surface area contributed by atoms with Crippen LogP contribution < -0.4 is 10.9 Å². The highest BCUT2D eigenvalue weighted by atomic mass is 16.1. The van der Waals surface area contributed by atoms with Gasteiger partial charge in [0, 0.05) is 18.9 Å². The molecule has 0 saturated heterocycles. The molecule has 1 N–H and O–H groups in total. The van der Waals surface area contributed by atoms with E-state index >= 15 is 0 Å². The molecule has 1 atom stereocenters. The van der Waals surface area contributed by atoms with Crippen molar-refractivity contribution < 1.29 is 0 Å². The first-order chi connectivity index (χ1) is 9.11. The van der Waals surface area contributed by atoms with E-state index in [1.807, 2.05) is 13.8 Å². The fourth-order valence-electron chi connectivity index (χ4n) is 1.94. The minimum atomic E-state index is -0.0797. The van der Waals surface area contributed by atoms with Crippen LogP contribution in [0.5, 0.6) is 0 Å². The van der Waals surface area contributed by atoms with Gasteiger partial charge in [0.05, 0.1) is 6.04 Å². The van der Waals surface area contributed by atoms with Gasteiger partial charge in [-0.3, -0.25) is 4.79 Å². The van der Waals surface area contributed by atoms with Crippen LogP contribution in [0.2, 0.25) is 0 Å². The molecule has 0 aliphatic rings. The summed E-state index contributed by atoms with van der Waals surface area (Å²) in [7, 11) is 0. The average molecular weight is 257 g/mol. The Morgan fingerprint density at radius 3 is 2.63 bits per heavy atom. The number of benzene rings is 1. The summed E-state index contributed by atoms with van der Waals surface area (Å²) in [5.41, 5.74) is 2.28. The smallest absolute Gasteiger partial charge is 0.293 e. The van der Waals surface area contributed by atoms with Gasteiger partial charge in [-0.15, -0.1) is 0 Å². The normalized spacial score (nSPS) is 12.2. The first-order valence-electron chi connectivity index (χ1n) is 6.50. The van der Waals surface area contributed by atoms with Crippen LogP contribution in [0.3, 0.4) is 0 Å². The van der Waals surface area contributed by atoms with Crippen LogP contribution in [0.15, 0.2) is 41.5 Å². The van der Waals surface area contributed by atoms with Crippen LogP contribution in [0.25, 0.3) is 0 Å². The number of nitrogens with one attached hydrogen (secondary N) is 1. The van der Waals surface area contributed by atoms with Gasteiger partial charge in [0.1, 0.15) is 0 Å². The molecule has 0 saturated carbocycles. The van der Waals surface area contributed by atoms with Crippen molar-refractivity contribution in [2.24, 2.45) is 0 Å².